The number of benzene rings is 1. The number of aromatic hydroxyl groups is 1. The topological polar surface area (TPSA) is 177 Å². The Labute approximate surface area is 209 Å². The molecule has 0 saturated heterocycles. The number of halogens is 2. The van der Waals surface area contributed by atoms with Crippen LogP contribution in [0.1, 0.15) is 28.5 Å². The number of hydrogen-bond acceptors (Lipinski definition) is 8. The number of aliphatic hydroxyl groups excluding tert-OH is 1. The van der Waals surface area contributed by atoms with Crippen molar-refractivity contribution in [2.24, 2.45) is 12.0 Å². The molecule has 2 amide bonds. The van der Waals surface area contributed by atoms with Crippen LogP contribution in [-0.2, 0) is 16.6 Å². The molecule has 0 aliphatic carbocycles. The number of amides is 2. The Morgan fingerprint density at radius 1 is 1.29 bits per heavy atom. The van der Waals surface area contributed by atoms with E-state index in [-0.39, 0.29) is 27.8 Å². The number of nitrogens with one attached hydrogen (secondary N) is 4. The summed E-state index contributed by atoms with van der Waals surface area (Å²) in [6.07, 6.45) is 0.545. The first-order valence-electron chi connectivity index (χ1n) is 10.4. The molecule has 0 saturated carbocycles. The number of anilines is 1. The average Bonchev–Trinajstić information content (AvgIpc) is 3.15. The first kappa shape index (κ1) is 26.1. The Balaban J connectivity index is 1.62. The van der Waals surface area contributed by atoms with E-state index in [4.69, 9.17) is 23.2 Å². The third-order valence-electron chi connectivity index (χ3n) is 5.02. The van der Waals surface area contributed by atoms with Crippen molar-refractivity contribution < 1.29 is 29.7 Å². The van der Waals surface area contributed by atoms with Gasteiger partial charge in [-0.2, -0.15) is 0 Å². The van der Waals surface area contributed by atoms with Crippen LogP contribution in [0.4, 0.5) is 5.69 Å². The number of guanidine groups is 1. The molecule has 1 aromatic carbocycles. The number of carbonyl (C=O) groups is 3. The molecule has 1 aromatic heterocycles. The van der Waals surface area contributed by atoms with E-state index in [1.54, 1.807) is 23.9 Å². The fourth-order valence-corrected chi connectivity index (χ4v) is 3.88. The third-order valence-corrected chi connectivity index (χ3v) is 5.53. The predicted octanol–water partition coefficient (Wildman–Crippen LogP) is 0.831. The van der Waals surface area contributed by atoms with Crippen LogP contribution >= 0.6 is 23.2 Å². The molecule has 35 heavy (non-hydrogen) atoms. The number of carboxylic acids is 1. The number of rotatable bonds is 8. The molecule has 2 atom stereocenters. The largest absolute Gasteiger partial charge is 0.506 e. The second-order valence-electron chi connectivity index (χ2n) is 7.80. The van der Waals surface area contributed by atoms with Crippen LogP contribution in [0.2, 0.25) is 10.0 Å². The molecule has 1 aliphatic rings. The lowest BCUT2D eigenvalue weighted by Crippen LogP contribution is -2.42. The van der Waals surface area contributed by atoms with E-state index in [9.17, 15) is 29.7 Å². The zero-order chi connectivity index (χ0) is 25.7. The van der Waals surface area contributed by atoms with Crippen LogP contribution in [0.25, 0.3) is 0 Å². The summed E-state index contributed by atoms with van der Waals surface area (Å²) in [6.45, 7) is 0.153. The number of aliphatic hydroxyl groups is 1. The minimum atomic E-state index is -1.23. The minimum absolute atomic E-state index is 0.0366. The Bertz CT molecular complexity index is 1170. The molecule has 1 unspecified atom stereocenters. The lowest BCUT2D eigenvalue weighted by atomic mass is 10.0. The average molecular weight is 527 g/mol. The fourth-order valence-electron chi connectivity index (χ4n) is 3.37. The number of β-amino-alcohol motifs (C(OH)–C–C–N with tert-alkyl or cyclic N) is 1. The molecule has 2 aromatic rings. The highest BCUT2D eigenvalue weighted by Gasteiger charge is 2.24. The summed E-state index contributed by atoms with van der Waals surface area (Å²) < 4.78 is 1.55. The van der Waals surface area contributed by atoms with Crippen molar-refractivity contribution >= 4 is 52.6 Å². The number of aromatic nitrogens is 1. The summed E-state index contributed by atoms with van der Waals surface area (Å²) in [5.74, 6) is -2.41. The van der Waals surface area contributed by atoms with Crippen LogP contribution in [0, 0.1) is 0 Å². The lowest BCUT2D eigenvalue weighted by molar-refractivity contribution is -0.137. The van der Waals surface area contributed by atoms with Crippen molar-refractivity contribution in [3.05, 3.63) is 45.7 Å². The number of hydrogen-bond donors (Lipinski definition) is 7. The quantitative estimate of drug-likeness (QED) is 0.264. The Morgan fingerprint density at radius 2 is 2.03 bits per heavy atom. The van der Waals surface area contributed by atoms with E-state index in [1.807, 2.05) is 0 Å². The summed E-state index contributed by atoms with van der Waals surface area (Å²) in [4.78, 5) is 40.5. The number of aliphatic carboxylic acids is 1. The highest BCUT2D eigenvalue weighted by Crippen LogP contribution is 2.36. The van der Waals surface area contributed by atoms with Crippen molar-refractivity contribution in [3.8, 4) is 5.75 Å². The van der Waals surface area contributed by atoms with Gasteiger partial charge in [0, 0.05) is 30.4 Å². The number of phenols is 1. The van der Waals surface area contributed by atoms with Crippen molar-refractivity contribution in [2.75, 3.05) is 25.0 Å². The van der Waals surface area contributed by atoms with E-state index in [0.717, 1.165) is 0 Å². The van der Waals surface area contributed by atoms with Gasteiger partial charge in [0.15, 0.2) is 5.96 Å². The van der Waals surface area contributed by atoms with Crippen LogP contribution in [0.15, 0.2) is 29.4 Å². The molecule has 3 rings (SSSR count). The summed E-state index contributed by atoms with van der Waals surface area (Å²) in [5.41, 5.74) is 0.854. The molecule has 14 heteroatoms. The van der Waals surface area contributed by atoms with Gasteiger partial charge in [-0.15, -0.1) is 0 Å². The van der Waals surface area contributed by atoms with Gasteiger partial charge in [-0.05, 0) is 18.2 Å². The van der Waals surface area contributed by atoms with E-state index in [0.29, 0.717) is 18.2 Å². The molecule has 0 radical (unpaired) electrons. The van der Waals surface area contributed by atoms with Gasteiger partial charge in [-0.3, -0.25) is 19.4 Å². The second kappa shape index (κ2) is 11.3. The smallest absolute Gasteiger partial charge is 0.305 e. The van der Waals surface area contributed by atoms with E-state index in [2.05, 4.69) is 26.3 Å². The standard InChI is InChI=1S/C21H24Cl2N6O6/c1-29-9-11(27-21-25-6-12(30)7-26-21)4-16(29)20(35)24-8-17(31)28-15(5-18(32)33)13-2-10(22)3-14(23)19(13)34/h2-4,9,12,15,30,34H,5-8H2,1H3,(H,24,35)(H,28,31)(H,32,33)(H2,25,26,27)/t15-/m0/s1. The highest BCUT2D eigenvalue weighted by atomic mass is 35.5. The van der Waals surface area contributed by atoms with Crippen molar-refractivity contribution in [3.63, 3.8) is 0 Å². The van der Waals surface area contributed by atoms with Gasteiger partial charge >= 0.3 is 5.97 Å². The van der Waals surface area contributed by atoms with Crippen LogP contribution in [-0.4, -0.2) is 69.4 Å². The summed E-state index contributed by atoms with van der Waals surface area (Å²) in [6, 6.07) is 3.01. The maximum Gasteiger partial charge on any atom is 0.305 e. The SMILES string of the molecule is Cn1cc(NC2=NCC(O)CN2)cc1C(=O)NCC(=O)N[C@@H](CC(=O)O)c1cc(Cl)cc(Cl)c1O. The van der Waals surface area contributed by atoms with Crippen molar-refractivity contribution in [2.45, 2.75) is 18.6 Å². The highest BCUT2D eigenvalue weighted by molar-refractivity contribution is 6.35. The maximum atomic E-state index is 12.6. The summed E-state index contributed by atoms with van der Waals surface area (Å²) in [5, 5.41) is 39.8. The van der Waals surface area contributed by atoms with Crippen LogP contribution in [0.5, 0.6) is 5.75 Å². The monoisotopic (exact) mass is 526 g/mol. The van der Waals surface area contributed by atoms with Gasteiger partial charge in [0.25, 0.3) is 5.91 Å². The maximum absolute atomic E-state index is 12.6. The van der Waals surface area contributed by atoms with Gasteiger partial charge < -0.3 is 41.2 Å². The van der Waals surface area contributed by atoms with E-state index < -0.39 is 48.6 Å². The molecular weight excluding hydrogens is 503 g/mol. The molecular formula is C21H24Cl2N6O6. The van der Waals surface area contributed by atoms with E-state index in [1.165, 1.54) is 12.1 Å². The zero-order valence-corrected chi connectivity index (χ0v) is 20.0. The molecule has 1 aliphatic heterocycles. The fraction of sp³-hybridized carbons (Fsp3) is 0.333. The number of nitrogens with zero attached hydrogens (tertiary/aromatic N) is 2. The van der Waals surface area contributed by atoms with Gasteiger partial charge in [0.05, 0.1) is 42.4 Å². The van der Waals surface area contributed by atoms with Gasteiger partial charge in [-0.25, -0.2) is 0 Å². The molecule has 0 bridgehead atoms. The number of aliphatic imine (C=N–C) groups is 1. The lowest BCUT2D eigenvalue weighted by Gasteiger charge is -2.19. The molecule has 7 N–H and O–H groups in total. The minimum Gasteiger partial charge on any atom is -0.506 e. The van der Waals surface area contributed by atoms with Crippen LogP contribution in [0.3, 0.4) is 0 Å². The first-order valence-corrected chi connectivity index (χ1v) is 11.2. The predicted molar refractivity (Wildman–Crippen MR) is 129 cm³/mol. The Morgan fingerprint density at radius 3 is 2.69 bits per heavy atom. The second-order valence-corrected chi connectivity index (χ2v) is 8.64. The van der Waals surface area contributed by atoms with Gasteiger partial charge in [0.2, 0.25) is 5.91 Å². The van der Waals surface area contributed by atoms with Gasteiger partial charge in [-0.1, -0.05) is 23.2 Å². The summed E-state index contributed by atoms with van der Waals surface area (Å²) >= 11 is 11.9. The number of phenolic OH excluding ortho intramolecular Hbond substituents is 1. The number of aryl methyl sites for hydroxylation is 1. The summed E-state index contributed by atoms with van der Waals surface area (Å²) in [7, 11) is 1.65. The third kappa shape index (κ3) is 7.01. The molecule has 0 fully saturated rings. The Hall–Kier alpha value is -3.48. The molecule has 0 spiro atoms. The van der Waals surface area contributed by atoms with Gasteiger partial charge in [0.1, 0.15) is 11.4 Å². The molecule has 2 heterocycles. The Kier molecular flexibility index (Phi) is 8.43. The normalized spacial score (nSPS) is 16.0. The molecule has 188 valence electrons. The van der Waals surface area contributed by atoms with Crippen molar-refractivity contribution in [1.82, 2.24) is 20.5 Å². The number of carboxylic acid groups (broad SMARTS) is 1. The zero-order valence-electron chi connectivity index (χ0n) is 18.5. The number of carbonyl (C=O) groups excluding carboxylic acids is 2. The van der Waals surface area contributed by atoms with E-state index >= 15 is 0 Å². The van der Waals surface area contributed by atoms with Crippen molar-refractivity contribution in [1.29, 1.82) is 0 Å². The molecule has 12 nitrogen and oxygen atoms in total. The van der Waals surface area contributed by atoms with Crippen LogP contribution < -0.4 is 21.3 Å². The first-order chi connectivity index (χ1) is 16.5.